The summed E-state index contributed by atoms with van der Waals surface area (Å²) in [5.41, 5.74) is 8.20. The fourth-order valence-corrected chi connectivity index (χ4v) is 2.11. The largest absolute Gasteiger partial charge is 0.329 e. The molecule has 0 aliphatic rings. The fraction of sp³-hybridized carbons (Fsp3) is 0.333. The van der Waals surface area contributed by atoms with Crippen LogP contribution in [0.2, 0.25) is 0 Å². The van der Waals surface area contributed by atoms with E-state index in [1.54, 1.807) is 7.05 Å². The predicted molar refractivity (Wildman–Crippen MR) is 70.2 cm³/mol. The molecule has 0 saturated heterocycles. The van der Waals surface area contributed by atoms with Gasteiger partial charge in [0, 0.05) is 19.0 Å². The Bertz CT molecular complexity index is 684. The first-order valence-electron chi connectivity index (χ1n) is 6.10. The van der Waals surface area contributed by atoms with Crippen LogP contribution in [0, 0.1) is 0 Å². The van der Waals surface area contributed by atoms with Gasteiger partial charge in [0.2, 0.25) is 0 Å². The van der Waals surface area contributed by atoms with E-state index in [0.29, 0.717) is 18.8 Å². The molecule has 1 unspecified atom stereocenters. The quantitative estimate of drug-likeness (QED) is 0.717. The summed E-state index contributed by atoms with van der Waals surface area (Å²) in [6, 6.07) is 7.93. The van der Waals surface area contributed by atoms with Crippen LogP contribution < -0.4 is 5.73 Å². The number of fused-ring (bicyclic) bond motifs is 1. The molecule has 3 rings (SSSR count). The number of para-hydroxylation sites is 2. The van der Waals surface area contributed by atoms with E-state index in [9.17, 15) is 0 Å². The van der Waals surface area contributed by atoms with Crippen molar-refractivity contribution in [1.29, 1.82) is 0 Å². The van der Waals surface area contributed by atoms with Crippen molar-refractivity contribution in [2.24, 2.45) is 12.8 Å². The van der Waals surface area contributed by atoms with Crippen molar-refractivity contribution in [3.63, 3.8) is 0 Å². The second-order valence-corrected chi connectivity index (χ2v) is 4.54. The minimum atomic E-state index is -0.0678. The number of rotatable bonds is 4. The lowest BCUT2D eigenvalue weighted by Gasteiger charge is -2.10. The van der Waals surface area contributed by atoms with Gasteiger partial charge in [0.1, 0.15) is 0 Å². The zero-order valence-corrected chi connectivity index (χ0v) is 10.6. The molecule has 19 heavy (non-hydrogen) atoms. The Hall–Kier alpha value is -2.28. The molecule has 1 atom stereocenters. The third kappa shape index (κ3) is 2.45. The van der Waals surface area contributed by atoms with Crippen molar-refractivity contribution in [1.82, 2.24) is 29.8 Å². The Labute approximate surface area is 110 Å². The minimum absolute atomic E-state index is 0.0678. The van der Waals surface area contributed by atoms with E-state index in [4.69, 9.17) is 5.73 Å². The number of hydrogen-bond donors (Lipinski definition) is 1. The van der Waals surface area contributed by atoms with Gasteiger partial charge < -0.3 is 10.3 Å². The number of hydrogen-bond acceptors (Lipinski definition) is 5. The molecule has 2 heterocycles. The summed E-state index contributed by atoms with van der Waals surface area (Å²) in [5.74, 6) is 0.666. The predicted octanol–water partition coefficient (Wildman–Crippen LogP) is 0.130. The lowest BCUT2D eigenvalue weighted by Crippen LogP contribution is -2.28. The Morgan fingerprint density at radius 2 is 2.16 bits per heavy atom. The van der Waals surface area contributed by atoms with Gasteiger partial charge in [-0.15, -0.1) is 10.2 Å². The van der Waals surface area contributed by atoms with E-state index in [2.05, 4.69) is 25.0 Å². The van der Waals surface area contributed by atoms with Crippen LogP contribution in [0.25, 0.3) is 11.0 Å². The van der Waals surface area contributed by atoms with Crippen molar-refractivity contribution in [3.05, 3.63) is 36.4 Å². The maximum Gasteiger partial charge on any atom is 0.176 e. The third-order valence-corrected chi connectivity index (χ3v) is 2.95. The normalized spacial score (nSPS) is 12.9. The van der Waals surface area contributed by atoms with Crippen LogP contribution >= 0.6 is 0 Å². The van der Waals surface area contributed by atoms with Crippen molar-refractivity contribution in [2.45, 2.75) is 19.0 Å². The number of benzene rings is 1. The first-order chi connectivity index (χ1) is 9.22. The molecule has 2 aromatic heterocycles. The molecule has 2 N–H and O–H groups in total. The number of tetrazole rings is 1. The van der Waals surface area contributed by atoms with E-state index >= 15 is 0 Å². The molecule has 7 heteroatoms. The van der Waals surface area contributed by atoms with Crippen molar-refractivity contribution in [3.8, 4) is 0 Å². The second kappa shape index (κ2) is 4.77. The highest BCUT2D eigenvalue weighted by Gasteiger charge is 2.11. The monoisotopic (exact) mass is 257 g/mol. The summed E-state index contributed by atoms with van der Waals surface area (Å²) < 4.78 is 2.05. The van der Waals surface area contributed by atoms with Crippen LogP contribution in [0.5, 0.6) is 0 Å². The minimum Gasteiger partial charge on any atom is -0.329 e. The molecule has 0 fully saturated rings. The average Bonchev–Trinajstić information content (AvgIpc) is 2.97. The molecule has 1 aromatic carbocycles. The molecule has 0 radical (unpaired) electrons. The smallest absolute Gasteiger partial charge is 0.176 e. The number of nitrogens with zero attached hydrogens (tertiary/aromatic N) is 6. The SMILES string of the molecule is Cn1nnc(CC(N)Cn2cnc3ccccc32)n1. The maximum atomic E-state index is 6.13. The van der Waals surface area contributed by atoms with Crippen LogP contribution in [0.3, 0.4) is 0 Å². The molecule has 0 spiro atoms. The molecule has 98 valence electrons. The van der Waals surface area contributed by atoms with Gasteiger partial charge in [-0.05, 0) is 17.3 Å². The average molecular weight is 257 g/mol. The number of aryl methyl sites for hydroxylation is 1. The van der Waals surface area contributed by atoms with Crippen LogP contribution in [0.4, 0.5) is 0 Å². The molecule has 0 aliphatic carbocycles. The van der Waals surface area contributed by atoms with Gasteiger partial charge >= 0.3 is 0 Å². The van der Waals surface area contributed by atoms with Gasteiger partial charge in [-0.25, -0.2) is 4.98 Å². The third-order valence-electron chi connectivity index (χ3n) is 2.95. The molecule has 3 aromatic rings. The number of aromatic nitrogens is 6. The highest BCUT2D eigenvalue weighted by atomic mass is 15.6. The second-order valence-electron chi connectivity index (χ2n) is 4.54. The fourth-order valence-electron chi connectivity index (χ4n) is 2.11. The first kappa shape index (κ1) is 11.8. The Kier molecular flexibility index (Phi) is 2.96. The molecule has 0 bridgehead atoms. The van der Waals surface area contributed by atoms with Gasteiger partial charge in [0.15, 0.2) is 5.82 Å². The summed E-state index contributed by atoms with van der Waals surface area (Å²) in [6.45, 7) is 0.679. The first-order valence-corrected chi connectivity index (χ1v) is 6.10. The van der Waals surface area contributed by atoms with Gasteiger partial charge in [0.25, 0.3) is 0 Å². The van der Waals surface area contributed by atoms with Crippen LogP contribution in [-0.4, -0.2) is 35.8 Å². The van der Waals surface area contributed by atoms with E-state index < -0.39 is 0 Å². The molecular formula is C12H15N7. The van der Waals surface area contributed by atoms with Gasteiger partial charge in [-0.3, -0.25) is 0 Å². The zero-order chi connectivity index (χ0) is 13.2. The number of nitrogens with two attached hydrogens (primary N) is 1. The summed E-state index contributed by atoms with van der Waals surface area (Å²) in [6.07, 6.45) is 2.41. The molecule has 7 nitrogen and oxygen atoms in total. The van der Waals surface area contributed by atoms with Crippen molar-refractivity contribution >= 4 is 11.0 Å². The summed E-state index contributed by atoms with van der Waals surface area (Å²) >= 11 is 0. The standard InChI is InChI=1S/C12H15N7/c1-18-16-12(15-17-18)6-9(13)7-19-8-14-10-4-2-3-5-11(10)19/h2-5,8-9H,6-7,13H2,1H3. The molecule has 0 amide bonds. The summed E-state index contributed by atoms with van der Waals surface area (Å²) in [7, 11) is 1.74. The van der Waals surface area contributed by atoms with E-state index in [1.165, 1.54) is 4.80 Å². The highest BCUT2D eigenvalue weighted by molar-refractivity contribution is 5.74. The molecule has 0 saturated carbocycles. The van der Waals surface area contributed by atoms with E-state index in [0.717, 1.165) is 11.0 Å². The summed E-state index contributed by atoms with van der Waals surface area (Å²) in [5, 5.41) is 11.9. The zero-order valence-electron chi connectivity index (χ0n) is 10.6. The molecule has 0 aliphatic heterocycles. The van der Waals surface area contributed by atoms with Crippen molar-refractivity contribution < 1.29 is 0 Å². The molecular weight excluding hydrogens is 242 g/mol. The highest BCUT2D eigenvalue weighted by Crippen LogP contribution is 2.12. The Morgan fingerprint density at radius 1 is 1.32 bits per heavy atom. The van der Waals surface area contributed by atoms with Crippen LogP contribution in [-0.2, 0) is 20.0 Å². The summed E-state index contributed by atoms with van der Waals surface area (Å²) in [4.78, 5) is 5.78. The Balaban J connectivity index is 1.74. The van der Waals surface area contributed by atoms with Gasteiger partial charge in [-0.1, -0.05) is 12.1 Å². The van der Waals surface area contributed by atoms with Crippen LogP contribution in [0.15, 0.2) is 30.6 Å². The Morgan fingerprint density at radius 3 is 2.95 bits per heavy atom. The number of imidazole rings is 1. The van der Waals surface area contributed by atoms with E-state index in [-0.39, 0.29) is 6.04 Å². The maximum absolute atomic E-state index is 6.13. The lowest BCUT2D eigenvalue weighted by molar-refractivity contribution is 0.545. The lowest BCUT2D eigenvalue weighted by atomic mass is 10.2. The van der Waals surface area contributed by atoms with Crippen LogP contribution in [0.1, 0.15) is 5.82 Å². The van der Waals surface area contributed by atoms with E-state index in [1.807, 2.05) is 30.6 Å². The van der Waals surface area contributed by atoms with Gasteiger partial charge in [-0.2, -0.15) is 4.80 Å². The topological polar surface area (TPSA) is 87.4 Å². The van der Waals surface area contributed by atoms with Gasteiger partial charge in [0.05, 0.1) is 24.4 Å². The van der Waals surface area contributed by atoms with Crippen molar-refractivity contribution in [2.75, 3.05) is 0 Å².